The van der Waals surface area contributed by atoms with E-state index in [-0.39, 0.29) is 40.9 Å². The molecular formula is C19H21F3N4O5S. The average Bonchev–Trinajstić information content (AvgIpc) is 2.99. The SMILES string of the molecule is O=C1CCC2(CN(C(=O)N3CC4(C3)CN(S(=O)(=O)c3ccc(OC(F)(F)F)cc3)C4)C2)N1. The molecule has 1 aromatic rings. The molecule has 9 nitrogen and oxygen atoms in total. The number of alkyl halides is 3. The van der Waals surface area contributed by atoms with E-state index in [1.807, 2.05) is 0 Å². The van der Waals surface area contributed by atoms with Crippen LogP contribution in [0.25, 0.3) is 0 Å². The molecule has 1 aromatic carbocycles. The van der Waals surface area contributed by atoms with Crippen molar-refractivity contribution in [3.05, 3.63) is 24.3 Å². The number of hydrogen-bond acceptors (Lipinski definition) is 5. The highest BCUT2D eigenvalue weighted by Crippen LogP contribution is 2.43. The van der Waals surface area contributed by atoms with Crippen molar-refractivity contribution in [2.45, 2.75) is 29.6 Å². The number of hydrogen-bond donors (Lipinski definition) is 1. The summed E-state index contributed by atoms with van der Waals surface area (Å²) >= 11 is 0. The predicted octanol–water partition coefficient (Wildman–Crippen LogP) is 0.976. The van der Waals surface area contributed by atoms with Crippen molar-refractivity contribution < 1.29 is 35.9 Å². The first kappa shape index (κ1) is 21.3. The van der Waals surface area contributed by atoms with E-state index in [2.05, 4.69) is 10.1 Å². The lowest BCUT2D eigenvalue weighted by Crippen LogP contribution is -2.77. The van der Waals surface area contributed by atoms with E-state index in [1.165, 1.54) is 4.31 Å². The zero-order valence-electron chi connectivity index (χ0n) is 16.9. The fraction of sp³-hybridized carbons (Fsp3) is 0.579. The van der Waals surface area contributed by atoms with Crippen molar-refractivity contribution in [1.82, 2.24) is 19.4 Å². The normalized spacial score (nSPS) is 24.0. The van der Waals surface area contributed by atoms with E-state index < -0.39 is 22.1 Å². The second kappa shape index (κ2) is 6.73. The summed E-state index contributed by atoms with van der Waals surface area (Å²) in [6, 6.07) is 3.99. The molecule has 4 aliphatic heterocycles. The fourth-order valence-corrected chi connectivity index (χ4v) is 6.63. The molecule has 5 rings (SSSR count). The summed E-state index contributed by atoms with van der Waals surface area (Å²) in [6.07, 6.45) is -3.63. The van der Waals surface area contributed by atoms with Crippen LogP contribution < -0.4 is 10.1 Å². The Hall–Kier alpha value is -2.54. The van der Waals surface area contributed by atoms with Crippen LogP contribution in [0.5, 0.6) is 5.75 Å². The van der Waals surface area contributed by atoms with Gasteiger partial charge in [0.15, 0.2) is 0 Å². The summed E-state index contributed by atoms with van der Waals surface area (Å²) in [5.74, 6) is -0.479. The monoisotopic (exact) mass is 474 g/mol. The first-order chi connectivity index (χ1) is 14.9. The summed E-state index contributed by atoms with van der Waals surface area (Å²) < 4.78 is 67.3. The molecule has 1 N–H and O–H groups in total. The molecule has 0 saturated carbocycles. The summed E-state index contributed by atoms with van der Waals surface area (Å²) in [4.78, 5) is 27.3. The predicted molar refractivity (Wildman–Crippen MR) is 103 cm³/mol. The van der Waals surface area contributed by atoms with Crippen LogP contribution in [0.1, 0.15) is 12.8 Å². The molecule has 4 saturated heterocycles. The maximum Gasteiger partial charge on any atom is 0.573 e. The van der Waals surface area contributed by atoms with Gasteiger partial charge in [-0.05, 0) is 30.7 Å². The van der Waals surface area contributed by atoms with Gasteiger partial charge in [-0.2, -0.15) is 4.31 Å². The van der Waals surface area contributed by atoms with E-state index >= 15 is 0 Å². The number of halogens is 3. The molecular weight excluding hydrogens is 453 g/mol. The largest absolute Gasteiger partial charge is 0.573 e. The topological polar surface area (TPSA) is 99.3 Å². The lowest BCUT2D eigenvalue weighted by atomic mass is 9.74. The Morgan fingerprint density at radius 3 is 2.12 bits per heavy atom. The number of sulfonamides is 1. The number of nitrogens with zero attached hydrogens (tertiary/aromatic N) is 3. The Bertz CT molecular complexity index is 1060. The van der Waals surface area contributed by atoms with E-state index in [4.69, 9.17) is 0 Å². The third-order valence-electron chi connectivity index (χ3n) is 6.53. The Morgan fingerprint density at radius 1 is 1.00 bits per heavy atom. The Kier molecular flexibility index (Phi) is 4.48. The van der Waals surface area contributed by atoms with Crippen LogP contribution in [0.3, 0.4) is 0 Å². The molecule has 0 atom stereocenters. The molecule has 0 radical (unpaired) electrons. The fourth-order valence-electron chi connectivity index (χ4n) is 4.96. The van der Waals surface area contributed by atoms with Gasteiger partial charge in [0.2, 0.25) is 15.9 Å². The Morgan fingerprint density at radius 2 is 1.59 bits per heavy atom. The molecule has 4 fully saturated rings. The summed E-state index contributed by atoms with van der Waals surface area (Å²) in [7, 11) is -3.84. The van der Waals surface area contributed by atoms with Crippen LogP contribution in [0, 0.1) is 5.41 Å². The van der Waals surface area contributed by atoms with E-state index in [1.54, 1.807) is 9.80 Å². The molecule has 2 spiro atoms. The van der Waals surface area contributed by atoms with E-state index in [9.17, 15) is 31.2 Å². The van der Waals surface area contributed by atoms with Gasteiger partial charge in [0.25, 0.3) is 0 Å². The molecule has 0 aromatic heterocycles. The Labute approximate surface area is 182 Å². The van der Waals surface area contributed by atoms with Crippen molar-refractivity contribution in [3.8, 4) is 5.75 Å². The van der Waals surface area contributed by atoms with E-state index in [0.29, 0.717) is 32.6 Å². The number of urea groups is 1. The van der Waals surface area contributed by atoms with E-state index in [0.717, 1.165) is 30.7 Å². The number of amides is 3. The standard InChI is InChI=1S/C19H21F3N4O5S/c20-19(21,22)31-13-1-3-14(4-2-13)32(29,30)26-9-17(10-26)7-24(8-17)16(28)25-11-18(12-25)6-5-15(27)23-18/h1-4H,5-12H2,(H,23,27). The number of nitrogens with one attached hydrogen (secondary N) is 1. The van der Waals surface area contributed by atoms with Crippen molar-refractivity contribution >= 4 is 22.0 Å². The van der Waals surface area contributed by atoms with Crippen LogP contribution in [0.15, 0.2) is 29.2 Å². The Balaban J connectivity index is 1.12. The van der Waals surface area contributed by atoms with Gasteiger partial charge in [0, 0.05) is 51.1 Å². The van der Waals surface area contributed by atoms with Crippen LogP contribution >= 0.6 is 0 Å². The molecule has 13 heteroatoms. The van der Waals surface area contributed by atoms with Gasteiger partial charge in [0.1, 0.15) is 5.75 Å². The summed E-state index contributed by atoms with van der Waals surface area (Å²) in [5.41, 5.74) is -0.566. The quantitative estimate of drug-likeness (QED) is 0.704. The zero-order valence-corrected chi connectivity index (χ0v) is 17.7. The molecule has 3 amide bonds. The number of rotatable bonds is 3. The van der Waals surface area contributed by atoms with Crippen LogP contribution in [0.4, 0.5) is 18.0 Å². The number of carbonyl (C=O) groups is 2. The minimum atomic E-state index is -4.85. The van der Waals surface area contributed by atoms with Gasteiger partial charge in [-0.25, -0.2) is 13.2 Å². The summed E-state index contributed by atoms with van der Waals surface area (Å²) in [6.45, 7) is 2.39. The number of carbonyl (C=O) groups excluding carboxylic acids is 2. The van der Waals surface area contributed by atoms with Crippen molar-refractivity contribution in [2.24, 2.45) is 5.41 Å². The molecule has 4 heterocycles. The van der Waals surface area contributed by atoms with Crippen molar-refractivity contribution in [3.63, 3.8) is 0 Å². The maximum atomic E-state index is 12.7. The average molecular weight is 474 g/mol. The van der Waals surface area contributed by atoms with Gasteiger partial charge in [-0.1, -0.05) is 0 Å². The molecule has 4 aliphatic rings. The van der Waals surface area contributed by atoms with Crippen molar-refractivity contribution in [2.75, 3.05) is 39.3 Å². The molecule has 0 aliphatic carbocycles. The number of likely N-dealkylation sites (tertiary alicyclic amines) is 2. The summed E-state index contributed by atoms with van der Waals surface area (Å²) in [5, 5.41) is 2.93. The second-order valence-corrected chi connectivity index (χ2v) is 11.1. The second-order valence-electron chi connectivity index (χ2n) is 9.12. The number of ether oxygens (including phenoxy) is 1. The van der Waals surface area contributed by atoms with Crippen LogP contribution in [0.2, 0.25) is 0 Å². The smallest absolute Gasteiger partial charge is 0.406 e. The van der Waals surface area contributed by atoms with Crippen LogP contribution in [-0.4, -0.2) is 85.6 Å². The third-order valence-corrected chi connectivity index (χ3v) is 8.34. The van der Waals surface area contributed by atoms with Crippen molar-refractivity contribution in [1.29, 1.82) is 0 Å². The first-order valence-corrected chi connectivity index (χ1v) is 11.5. The highest BCUT2D eigenvalue weighted by atomic mass is 32.2. The van der Waals surface area contributed by atoms with Gasteiger partial charge < -0.3 is 19.9 Å². The minimum Gasteiger partial charge on any atom is -0.406 e. The van der Waals surface area contributed by atoms with Gasteiger partial charge >= 0.3 is 12.4 Å². The zero-order chi connectivity index (χ0) is 22.9. The molecule has 32 heavy (non-hydrogen) atoms. The lowest BCUT2D eigenvalue weighted by molar-refractivity contribution is -0.274. The highest BCUT2D eigenvalue weighted by molar-refractivity contribution is 7.89. The molecule has 174 valence electrons. The molecule has 0 unspecified atom stereocenters. The van der Waals surface area contributed by atoms with Crippen LogP contribution in [-0.2, 0) is 14.8 Å². The highest BCUT2D eigenvalue weighted by Gasteiger charge is 2.58. The maximum absolute atomic E-state index is 12.7. The lowest BCUT2D eigenvalue weighted by Gasteiger charge is -2.61. The van der Waals surface area contributed by atoms with Gasteiger partial charge in [0.05, 0.1) is 10.4 Å². The van der Waals surface area contributed by atoms with Gasteiger partial charge in [-0.15, -0.1) is 13.2 Å². The third kappa shape index (κ3) is 3.56. The minimum absolute atomic E-state index is 0.0123. The number of benzene rings is 1. The van der Waals surface area contributed by atoms with Gasteiger partial charge in [-0.3, -0.25) is 4.79 Å². The first-order valence-electron chi connectivity index (χ1n) is 10.1. The molecule has 0 bridgehead atoms.